The number of amides is 2. The van der Waals surface area contributed by atoms with Crippen molar-refractivity contribution in [1.82, 2.24) is 4.90 Å². The Morgan fingerprint density at radius 2 is 2.25 bits per heavy atom. The van der Waals surface area contributed by atoms with Crippen LogP contribution in [0.1, 0.15) is 13.3 Å². The summed E-state index contributed by atoms with van der Waals surface area (Å²) in [5, 5.41) is -0.525. The highest BCUT2D eigenvalue weighted by Gasteiger charge is 2.30. The van der Waals surface area contributed by atoms with E-state index in [9.17, 15) is 14.4 Å². The molecule has 4 nitrogen and oxygen atoms in total. The maximum absolute atomic E-state index is 11.1. The zero-order valence-corrected chi connectivity index (χ0v) is 7.52. The molecule has 0 atom stereocenters. The van der Waals surface area contributed by atoms with E-state index in [0.29, 0.717) is 12.3 Å². The molecule has 2 amide bonds. The first-order valence-electron chi connectivity index (χ1n) is 3.68. The van der Waals surface area contributed by atoms with Crippen LogP contribution in [0.5, 0.6) is 0 Å². The van der Waals surface area contributed by atoms with Crippen LogP contribution in [0.25, 0.3) is 0 Å². The number of rotatable bonds is 1. The fourth-order valence-electron chi connectivity index (χ4n) is 0.932. The van der Waals surface area contributed by atoms with E-state index in [1.165, 1.54) is 0 Å². The van der Waals surface area contributed by atoms with E-state index >= 15 is 0 Å². The van der Waals surface area contributed by atoms with Gasteiger partial charge in [0.2, 0.25) is 5.91 Å². The van der Waals surface area contributed by atoms with Gasteiger partial charge in [-0.05, 0) is 0 Å². The number of hydrogen-bond donors (Lipinski definition) is 0. The third kappa shape index (κ3) is 1.66. The van der Waals surface area contributed by atoms with Crippen LogP contribution in [0, 0.1) is 0 Å². The predicted octanol–water partition coefficient (Wildman–Crippen LogP) is 0.0250. The molecule has 0 aromatic carbocycles. The maximum Gasteiger partial charge on any atom is 0.307 e. The SMILES string of the molecule is CCC(=O)N1CCSC(=O)C1=O. The monoisotopic (exact) mass is 187 g/mol. The van der Waals surface area contributed by atoms with Crippen LogP contribution < -0.4 is 0 Å². The van der Waals surface area contributed by atoms with Crippen LogP contribution in [0.3, 0.4) is 0 Å². The van der Waals surface area contributed by atoms with Gasteiger partial charge in [0.25, 0.3) is 5.12 Å². The van der Waals surface area contributed by atoms with Crippen molar-refractivity contribution in [2.75, 3.05) is 12.3 Å². The number of carbonyl (C=O) groups is 3. The van der Waals surface area contributed by atoms with Gasteiger partial charge in [-0.1, -0.05) is 18.7 Å². The predicted molar refractivity (Wildman–Crippen MR) is 44.5 cm³/mol. The molecular formula is C7H9NO3S. The molecule has 0 bridgehead atoms. The summed E-state index contributed by atoms with van der Waals surface area (Å²) in [5.41, 5.74) is 0. The van der Waals surface area contributed by atoms with Gasteiger partial charge < -0.3 is 0 Å². The Bertz CT molecular complexity index is 239. The van der Waals surface area contributed by atoms with Crippen LogP contribution in [-0.2, 0) is 14.4 Å². The number of hydrogen-bond acceptors (Lipinski definition) is 4. The van der Waals surface area contributed by atoms with E-state index < -0.39 is 11.0 Å². The molecule has 0 aromatic heterocycles. The molecule has 1 fully saturated rings. The summed E-state index contributed by atoms with van der Waals surface area (Å²) in [4.78, 5) is 34.0. The van der Waals surface area contributed by atoms with Crippen LogP contribution in [0.2, 0.25) is 0 Å². The minimum atomic E-state index is -0.668. The summed E-state index contributed by atoms with van der Waals surface area (Å²) in [7, 11) is 0. The average molecular weight is 187 g/mol. The zero-order valence-electron chi connectivity index (χ0n) is 6.70. The molecular weight excluding hydrogens is 178 g/mol. The van der Waals surface area contributed by atoms with Crippen LogP contribution in [-0.4, -0.2) is 34.1 Å². The van der Waals surface area contributed by atoms with Gasteiger partial charge in [0.15, 0.2) is 0 Å². The molecule has 0 radical (unpaired) electrons. The van der Waals surface area contributed by atoms with Crippen molar-refractivity contribution >= 4 is 28.7 Å². The van der Waals surface area contributed by atoms with Crippen molar-refractivity contribution < 1.29 is 14.4 Å². The van der Waals surface area contributed by atoms with E-state index in [-0.39, 0.29) is 12.3 Å². The Kier molecular flexibility index (Phi) is 2.86. The van der Waals surface area contributed by atoms with E-state index in [1.807, 2.05) is 0 Å². The summed E-state index contributed by atoms with van der Waals surface area (Å²) in [6.07, 6.45) is 0.268. The van der Waals surface area contributed by atoms with E-state index in [1.54, 1.807) is 6.92 Å². The van der Waals surface area contributed by atoms with Crippen molar-refractivity contribution in [2.24, 2.45) is 0 Å². The minimum Gasteiger partial charge on any atom is -0.276 e. The zero-order chi connectivity index (χ0) is 9.14. The number of carbonyl (C=O) groups excluding carboxylic acids is 3. The van der Waals surface area contributed by atoms with Gasteiger partial charge in [-0.25, -0.2) is 0 Å². The highest BCUT2D eigenvalue weighted by atomic mass is 32.2. The topological polar surface area (TPSA) is 54.5 Å². The third-order valence-corrected chi connectivity index (χ3v) is 2.39. The Labute approximate surface area is 74.3 Å². The van der Waals surface area contributed by atoms with Gasteiger partial charge in [-0.3, -0.25) is 19.3 Å². The van der Waals surface area contributed by atoms with Crippen molar-refractivity contribution in [3.63, 3.8) is 0 Å². The fourth-order valence-corrected chi connectivity index (χ4v) is 1.62. The molecule has 0 N–H and O–H groups in total. The molecule has 1 saturated heterocycles. The lowest BCUT2D eigenvalue weighted by Gasteiger charge is -2.22. The molecule has 0 saturated carbocycles. The second-order valence-electron chi connectivity index (χ2n) is 2.34. The number of thioether (sulfide) groups is 1. The van der Waals surface area contributed by atoms with Gasteiger partial charge in [0.05, 0.1) is 0 Å². The lowest BCUT2D eigenvalue weighted by atomic mass is 10.3. The molecule has 1 heterocycles. The largest absolute Gasteiger partial charge is 0.307 e. The molecule has 1 aliphatic heterocycles. The molecule has 12 heavy (non-hydrogen) atoms. The molecule has 66 valence electrons. The lowest BCUT2D eigenvalue weighted by Crippen LogP contribution is -2.44. The Morgan fingerprint density at radius 3 is 2.83 bits per heavy atom. The van der Waals surface area contributed by atoms with E-state index in [4.69, 9.17) is 0 Å². The highest BCUT2D eigenvalue weighted by Crippen LogP contribution is 2.13. The molecule has 1 aliphatic rings. The van der Waals surface area contributed by atoms with Gasteiger partial charge in [-0.15, -0.1) is 0 Å². The van der Waals surface area contributed by atoms with E-state index in [2.05, 4.69) is 0 Å². The normalized spacial score (nSPS) is 18.2. The average Bonchev–Trinajstić information content (AvgIpc) is 2.08. The first-order valence-corrected chi connectivity index (χ1v) is 4.66. The van der Waals surface area contributed by atoms with Gasteiger partial charge in [0.1, 0.15) is 0 Å². The van der Waals surface area contributed by atoms with Gasteiger partial charge in [-0.2, -0.15) is 0 Å². The molecule has 0 spiro atoms. The standard InChI is InChI=1S/C7H9NO3S/c1-2-5(9)8-3-4-12-7(11)6(8)10/h2-4H2,1H3. The van der Waals surface area contributed by atoms with Gasteiger partial charge >= 0.3 is 5.91 Å². The Hall–Kier alpha value is -0.840. The minimum absolute atomic E-state index is 0.268. The molecule has 1 rings (SSSR count). The van der Waals surface area contributed by atoms with Crippen LogP contribution >= 0.6 is 11.8 Å². The lowest BCUT2D eigenvalue weighted by molar-refractivity contribution is -0.149. The fraction of sp³-hybridized carbons (Fsp3) is 0.571. The van der Waals surface area contributed by atoms with Crippen LogP contribution in [0.15, 0.2) is 0 Å². The summed E-state index contributed by atoms with van der Waals surface area (Å²) < 4.78 is 0. The molecule has 0 aliphatic carbocycles. The van der Waals surface area contributed by atoms with Crippen molar-refractivity contribution in [1.29, 1.82) is 0 Å². The molecule has 0 unspecified atom stereocenters. The summed E-state index contributed by atoms with van der Waals surface area (Å²) in [5.74, 6) is -0.414. The van der Waals surface area contributed by atoms with E-state index in [0.717, 1.165) is 16.7 Å². The Morgan fingerprint density at radius 1 is 1.58 bits per heavy atom. The smallest absolute Gasteiger partial charge is 0.276 e. The first-order chi connectivity index (χ1) is 5.66. The Balaban J connectivity index is 2.70. The molecule has 0 aromatic rings. The highest BCUT2D eigenvalue weighted by molar-refractivity contribution is 8.15. The van der Waals surface area contributed by atoms with Crippen molar-refractivity contribution in [3.8, 4) is 0 Å². The van der Waals surface area contributed by atoms with Gasteiger partial charge in [0, 0.05) is 18.7 Å². The summed E-state index contributed by atoms with van der Waals surface area (Å²) >= 11 is 0.975. The summed E-state index contributed by atoms with van der Waals surface area (Å²) in [6, 6.07) is 0. The second-order valence-corrected chi connectivity index (χ2v) is 3.41. The quantitative estimate of drug-likeness (QED) is 0.543. The number of nitrogens with zero attached hydrogens (tertiary/aromatic N) is 1. The maximum atomic E-state index is 11.1. The third-order valence-electron chi connectivity index (χ3n) is 1.57. The number of imide groups is 1. The second kappa shape index (κ2) is 3.71. The summed E-state index contributed by atoms with van der Waals surface area (Å²) in [6.45, 7) is 2.03. The first kappa shape index (κ1) is 9.25. The van der Waals surface area contributed by atoms with Crippen molar-refractivity contribution in [2.45, 2.75) is 13.3 Å². The van der Waals surface area contributed by atoms with Crippen LogP contribution in [0.4, 0.5) is 0 Å². The molecule has 5 heteroatoms. The van der Waals surface area contributed by atoms with Crippen molar-refractivity contribution in [3.05, 3.63) is 0 Å².